The van der Waals surface area contributed by atoms with Gasteiger partial charge in [0.15, 0.2) is 10.4 Å². The molecule has 1 N–H and O–H groups in total. The molecular formula is C13H13IN4S. The number of aromatic amines is 1. The van der Waals surface area contributed by atoms with Crippen molar-refractivity contribution in [3.8, 4) is 5.69 Å². The lowest BCUT2D eigenvalue weighted by Gasteiger charge is -2.06. The Morgan fingerprint density at radius 1 is 1.42 bits per heavy atom. The highest BCUT2D eigenvalue weighted by Crippen LogP contribution is 2.23. The third-order valence-electron chi connectivity index (χ3n) is 3.11. The van der Waals surface area contributed by atoms with Crippen LogP contribution in [0.4, 0.5) is 0 Å². The average molecular weight is 384 g/mol. The lowest BCUT2D eigenvalue weighted by Crippen LogP contribution is -2.03. The molecule has 0 fully saturated rings. The van der Waals surface area contributed by atoms with E-state index in [9.17, 15) is 0 Å². The van der Waals surface area contributed by atoms with Gasteiger partial charge < -0.3 is 4.98 Å². The molecule has 3 aromatic rings. The summed E-state index contributed by atoms with van der Waals surface area (Å²) in [4.78, 5) is 3.26. The summed E-state index contributed by atoms with van der Waals surface area (Å²) in [6.45, 7) is 4.90. The maximum Gasteiger partial charge on any atom is 0.184 e. The van der Waals surface area contributed by atoms with E-state index >= 15 is 0 Å². The van der Waals surface area contributed by atoms with Crippen molar-refractivity contribution in [2.75, 3.05) is 0 Å². The second-order valence-electron chi connectivity index (χ2n) is 4.35. The molecule has 2 heterocycles. The van der Waals surface area contributed by atoms with Gasteiger partial charge in [0.25, 0.3) is 0 Å². The van der Waals surface area contributed by atoms with Gasteiger partial charge in [0, 0.05) is 10.1 Å². The van der Waals surface area contributed by atoms with Crippen LogP contribution in [0, 0.1) is 15.3 Å². The van der Waals surface area contributed by atoms with E-state index in [0.29, 0.717) is 4.77 Å². The van der Waals surface area contributed by atoms with E-state index in [1.165, 1.54) is 3.57 Å². The fourth-order valence-electron chi connectivity index (χ4n) is 2.28. The summed E-state index contributed by atoms with van der Waals surface area (Å²) in [5.41, 5.74) is 4.10. The van der Waals surface area contributed by atoms with Crippen LogP contribution >= 0.6 is 34.8 Å². The lowest BCUT2D eigenvalue weighted by atomic mass is 10.3. The number of nitrogens with one attached hydrogen (secondary N) is 1. The fourth-order valence-corrected chi connectivity index (χ4v) is 3.10. The first-order valence-electron chi connectivity index (χ1n) is 6.06. The molecule has 0 radical (unpaired) electrons. The Hall–Kier alpha value is -1.15. The predicted molar refractivity (Wildman–Crippen MR) is 87.4 cm³/mol. The van der Waals surface area contributed by atoms with Gasteiger partial charge in [-0.2, -0.15) is 5.10 Å². The number of imidazole rings is 1. The van der Waals surface area contributed by atoms with Crippen molar-refractivity contribution in [2.24, 2.45) is 0 Å². The van der Waals surface area contributed by atoms with Gasteiger partial charge in [-0.15, -0.1) is 0 Å². The van der Waals surface area contributed by atoms with Gasteiger partial charge in [0.05, 0.1) is 11.4 Å². The Bertz CT molecular complexity index is 812. The van der Waals surface area contributed by atoms with Crippen LogP contribution < -0.4 is 0 Å². The number of hydrogen-bond acceptors (Lipinski definition) is 2. The molecule has 0 amide bonds. The number of rotatable bonds is 2. The van der Waals surface area contributed by atoms with Crippen molar-refractivity contribution in [1.82, 2.24) is 19.3 Å². The second kappa shape index (κ2) is 4.75. The molecule has 0 bridgehead atoms. The summed E-state index contributed by atoms with van der Waals surface area (Å²) in [5.74, 6) is 0. The smallest absolute Gasteiger partial charge is 0.184 e. The van der Waals surface area contributed by atoms with Crippen molar-refractivity contribution in [3.63, 3.8) is 0 Å². The predicted octanol–water partition coefficient (Wildman–Crippen LogP) is 3.82. The van der Waals surface area contributed by atoms with Crippen LogP contribution in [0.1, 0.15) is 12.6 Å². The Balaban J connectivity index is 2.40. The zero-order valence-electron chi connectivity index (χ0n) is 10.6. The molecule has 0 aliphatic heterocycles. The highest BCUT2D eigenvalue weighted by atomic mass is 127. The fraction of sp³-hybridized carbons (Fsp3) is 0.231. The molecule has 6 heteroatoms. The summed E-state index contributed by atoms with van der Waals surface area (Å²) < 4.78 is 5.93. The molecule has 0 spiro atoms. The topological polar surface area (TPSA) is 38.5 Å². The first kappa shape index (κ1) is 12.9. The van der Waals surface area contributed by atoms with Crippen molar-refractivity contribution in [1.29, 1.82) is 0 Å². The molecular weight excluding hydrogens is 371 g/mol. The minimum absolute atomic E-state index is 0.708. The number of halogens is 1. The molecule has 0 aliphatic rings. The van der Waals surface area contributed by atoms with Crippen LogP contribution in [0.25, 0.3) is 16.9 Å². The lowest BCUT2D eigenvalue weighted by molar-refractivity contribution is 0.662. The van der Waals surface area contributed by atoms with Gasteiger partial charge in [-0.25, -0.2) is 4.68 Å². The molecule has 98 valence electrons. The summed E-state index contributed by atoms with van der Waals surface area (Å²) >= 11 is 7.77. The quantitative estimate of drug-likeness (QED) is 0.539. The number of aryl methyl sites for hydroxylation is 2. The van der Waals surface area contributed by atoms with Crippen molar-refractivity contribution >= 4 is 46.0 Å². The maximum atomic E-state index is 5.46. The molecule has 0 unspecified atom stereocenters. The van der Waals surface area contributed by atoms with Crippen LogP contribution in [0.3, 0.4) is 0 Å². The van der Waals surface area contributed by atoms with Gasteiger partial charge in [0.2, 0.25) is 0 Å². The molecule has 1 aromatic carbocycles. The number of fused-ring (bicyclic) bond motifs is 1. The first-order chi connectivity index (χ1) is 9.11. The molecule has 0 saturated heterocycles. The van der Waals surface area contributed by atoms with E-state index in [2.05, 4.69) is 62.4 Å². The average Bonchev–Trinajstić information content (AvgIpc) is 2.86. The standard InChI is InChI=1S/C13H13IN4S/c1-3-17-12-11(8(2)16-17)15-13(19)18(12)10-6-4-5-9(14)7-10/h4-7H,3H2,1-2H3,(H,15,19). The highest BCUT2D eigenvalue weighted by molar-refractivity contribution is 14.1. The molecule has 0 aliphatic carbocycles. The van der Waals surface area contributed by atoms with Gasteiger partial charge in [-0.3, -0.25) is 4.57 Å². The normalized spacial score (nSPS) is 11.3. The number of hydrogen-bond donors (Lipinski definition) is 1. The minimum Gasteiger partial charge on any atom is -0.327 e. The van der Waals surface area contributed by atoms with Crippen LogP contribution in [0.5, 0.6) is 0 Å². The summed E-state index contributed by atoms with van der Waals surface area (Å²) in [5, 5.41) is 4.53. The van der Waals surface area contributed by atoms with E-state index < -0.39 is 0 Å². The Morgan fingerprint density at radius 3 is 2.89 bits per heavy atom. The van der Waals surface area contributed by atoms with Gasteiger partial charge in [0.1, 0.15) is 5.52 Å². The Kier molecular flexibility index (Phi) is 3.22. The Morgan fingerprint density at radius 2 is 2.21 bits per heavy atom. The molecule has 0 atom stereocenters. The third-order valence-corrected chi connectivity index (χ3v) is 4.07. The molecule has 2 aromatic heterocycles. The summed E-state index contributed by atoms with van der Waals surface area (Å²) in [7, 11) is 0. The van der Waals surface area contributed by atoms with E-state index in [4.69, 9.17) is 12.2 Å². The van der Waals surface area contributed by atoms with E-state index in [-0.39, 0.29) is 0 Å². The van der Waals surface area contributed by atoms with Crippen LogP contribution in [-0.2, 0) is 6.54 Å². The summed E-state index contributed by atoms with van der Waals surface area (Å²) in [6, 6.07) is 8.29. The van der Waals surface area contributed by atoms with Crippen LogP contribution in [0.2, 0.25) is 0 Å². The minimum atomic E-state index is 0.708. The number of aromatic nitrogens is 4. The van der Waals surface area contributed by atoms with Gasteiger partial charge in [-0.1, -0.05) is 6.07 Å². The van der Waals surface area contributed by atoms with Gasteiger partial charge in [-0.05, 0) is 66.9 Å². The van der Waals surface area contributed by atoms with Crippen LogP contribution in [-0.4, -0.2) is 19.3 Å². The monoisotopic (exact) mass is 384 g/mol. The molecule has 3 rings (SSSR count). The maximum absolute atomic E-state index is 5.46. The van der Waals surface area contributed by atoms with Crippen molar-refractivity contribution in [2.45, 2.75) is 20.4 Å². The van der Waals surface area contributed by atoms with Crippen LogP contribution in [0.15, 0.2) is 24.3 Å². The van der Waals surface area contributed by atoms with E-state index in [0.717, 1.165) is 29.1 Å². The number of benzene rings is 1. The Labute approximate surface area is 129 Å². The largest absolute Gasteiger partial charge is 0.327 e. The molecule has 0 saturated carbocycles. The zero-order chi connectivity index (χ0) is 13.6. The second-order valence-corrected chi connectivity index (χ2v) is 5.98. The zero-order valence-corrected chi connectivity index (χ0v) is 13.6. The van der Waals surface area contributed by atoms with Crippen molar-refractivity contribution < 1.29 is 0 Å². The summed E-state index contributed by atoms with van der Waals surface area (Å²) in [6.07, 6.45) is 0. The van der Waals surface area contributed by atoms with E-state index in [1.807, 2.05) is 17.7 Å². The number of nitrogens with zero attached hydrogens (tertiary/aromatic N) is 3. The van der Waals surface area contributed by atoms with Gasteiger partial charge >= 0.3 is 0 Å². The first-order valence-corrected chi connectivity index (χ1v) is 7.54. The SMILES string of the molecule is CCn1nc(C)c2[nH]c(=S)n(-c3cccc(I)c3)c21. The van der Waals surface area contributed by atoms with E-state index in [1.54, 1.807) is 0 Å². The third kappa shape index (κ3) is 2.02. The highest BCUT2D eigenvalue weighted by Gasteiger charge is 2.14. The number of H-pyrrole nitrogens is 1. The molecule has 4 nitrogen and oxygen atoms in total. The molecule has 19 heavy (non-hydrogen) atoms. The van der Waals surface area contributed by atoms with Crippen molar-refractivity contribution in [3.05, 3.63) is 38.3 Å².